The Morgan fingerprint density at radius 2 is 1.84 bits per heavy atom. The van der Waals surface area contributed by atoms with Crippen molar-refractivity contribution in [1.29, 1.82) is 0 Å². The van der Waals surface area contributed by atoms with Crippen molar-refractivity contribution in [3.05, 3.63) is 23.8 Å². The third-order valence-electron chi connectivity index (χ3n) is 3.43. The number of esters is 1. The third-order valence-corrected chi connectivity index (χ3v) is 3.43. The van der Waals surface area contributed by atoms with Gasteiger partial charge in [-0.05, 0) is 43.9 Å². The van der Waals surface area contributed by atoms with Crippen molar-refractivity contribution >= 4 is 5.97 Å². The number of benzene rings is 1. The van der Waals surface area contributed by atoms with Gasteiger partial charge < -0.3 is 14.2 Å². The average Bonchev–Trinajstić information content (AvgIpc) is 2.48. The van der Waals surface area contributed by atoms with Gasteiger partial charge >= 0.3 is 5.97 Å². The summed E-state index contributed by atoms with van der Waals surface area (Å²) < 4.78 is 15.9. The van der Waals surface area contributed by atoms with Gasteiger partial charge in [-0.15, -0.1) is 0 Å². The Morgan fingerprint density at radius 3 is 2.47 bits per heavy atom. The molecule has 1 aromatic rings. The first-order valence-corrected chi connectivity index (χ1v) is 6.67. The predicted molar refractivity (Wildman–Crippen MR) is 71.8 cm³/mol. The fourth-order valence-electron chi connectivity index (χ4n) is 2.37. The zero-order valence-electron chi connectivity index (χ0n) is 11.5. The van der Waals surface area contributed by atoms with E-state index in [9.17, 15) is 4.79 Å². The molecule has 1 aliphatic carbocycles. The highest BCUT2D eigenvalue weighted by molar-refractivity contribution is 5.90. The molecule has 0 atom stereocenters. The summed E-state index contributed by atoms with van der Waals surface area (Å²) in [5, 5.41) is 0. The molecule has 0 bridgehead atoms. The number of carbonyl (C=O) groups is 1. The number of hydrogen-bond acceptors (Lipinski definition) is 4. The summed E-state index contributed by atoms with van der Waals surface area (Å²) in [6.45, 7) is 0. The zero-order chi connectivity index (χ0) is 13.7. The molecule has 0 saturated heterocycles. The second-order valence-electron chi connectivity index (χ2n) is 4.74. The van der Waals surface area contributed by atoms with Gasteiger partial charge in [0.2, 0.25) is 0 Å². The van der Waals surface area contributed by atoms with Crippen LogP contribution in [0.1, 0.15) is 42.5 Å². The molecular weight excluding hydrogens is 244 g/mol. The molecule has 1 fully saturated rings. The van der Waals surface area contributed by atoms with Gasteiger partial charge in [0.1, 0.15) is 0 Å². The first kappa shape index (κ1) is 13.7. The summed E-state index contributed by atoms with van der Waals surface area (Å²) in [5.41, 5.74) is 0.468. The lowest BCUT2D eigenvalue weighted by molar-refractivity contribution is 0.0600. The van der Waals surface area contributed by atoms with Crippen LogP contribution < -0.4 is 9.47 Å². The predicted octanol–water partition coefficient (Wildman–Crippen LogP) is 3.19. The Balaban J connectivity index is 2.13. The summed E-state index contributed by atoms with van der Waals surface area (Å²) in [6, 6.07) is 5.14. The number of ether oxygens (including phenoxy) is 3. The normalized spacial score (nSPS) is 15.9. The molecule has 4 nitrogen and oxygen atoms in total. The van der Waals surface area contributed by atoms with Gasteiger partial charge in [0, 0.05) is 0 Å². The van der Waals surface area contributed by atoms with Crippen LogP contribution in [0.2, 0.25) is 0 Å². The Morgan fingerprint density at radius 1 is 1.11 bits per heavy atom. The molecule has 0 heterocycles. The second kappa shape index (κ2) is 6.45. The molecule has 1 aliphatic rings. The molecule has 0 aromatic heterocycles. The van der Waals surface area contributed by atoms with Gasteiger partial charge in [-0.2, -0.15) is 0 Å². The Kier molecular flexibility index (Phi) is 4.66. The standard InChI is InChI=1S/C15H20O4/c1-17-14-10-11(15(16)18-2)8-9-13(14)19-12-6-4-3-5-7-12/h8-10,12H,3-7H2,1-2H3. The molecule has 1 saturated carbocycles. The average molecular weight is 264 g/mol. The molecule has 0 radical (unpaired) electrons. The van der Waals surface area contributed by atoms with E-state index in [4.69, 9.17) is 14.2 Å². The van der Waals surface area contributed by atoms with Crippen molar-refractivity contribution in [2.24, 2.45) is 0 Å². The highest BCUT2D eigenvalue weighted by Crippen LogP contribution is 2.32. The second-order valence-corrected chi connectivity index (χ2v) is 4.74. The summed E-state index contributed by atoms with van der Waals surface area (Å²) in [7, 11) is 2.94. The molecular formula is C15H20O4. The van der Waals surface area contributed by atoms with Crippen LogP contribution in [-0.2, 0) is 4.74 Å². The van der Waals surface area contributed by atoms with E-state index in [2.05, 4.69) is 0 Å². The molecule has 4 heteroatoms. The van der Waals surface area contributed by atoms with Crippen LogP contribution in [0.4, 0.5) is 0 Å². The molecule has 0 amide bonds. The van der Waals surface area contributed by atoms with Crippen molar-refractivity contribution in [2.75, 3.05) is 14.2 Å². The van der Waals surface area contributed by atoms with Gasteiger partial charge in [-0.25, -0.2) is 4.79 Å². The minimum atomic E-state index is -0.373. The smallest absolute Gasteiger partial charge is 0.337 e. The number of rotatable bonds is 4. The van der Waals surface area contributed by atoms with Crippen LogP contribution in [0.5, 0.6) is 11.5 Å². The van der Waals surface area contributed by atoms with E-state index in [0.717, 1.165) is 12.8 Å². The van der Waals surface area contributed by atoms with Crippen molar-refractivity contribution in [3.63, 3.8) is 0 Å². The topological polar surface area (TPSA) is 44.8 Å². The maximum Gasteiger partial charge on any atom is 0.337 e. The summed E-state index contributed by atoms with van der Waals surface area (Å²) >= 11 is 0. The van der Waals surface area contributed by atoms with E-state index in [1.54, 1.807) is 25.3 Å². The van der Waals surface area contributed by atoms with Crippen molar-refractivity contribution in [3.8, 4) is 11.5 Å². The Bertz CT molecular complexity index is 436. The van der Waals surface area contributed by atoms with Gasteiger partial charge in [-0.1, -0.05) is 6.42 Å². The zero-order valence-corrected chi connectivity index (χ0v) is 11.5. The molecule has 0 aliphatic heterocycles. The third kappa shape index (κ3) is 3.40. The summed E-state index contributed by atoms with van der Waals surface area (Å²) in [6.07, 6.45) is 6.15. The highest BCUT2D eigenvalue weighted by Gasteiger charge is 2.18. The van der Waals surface area contributed by atoms with Gasteiger partial charge in [0.25, 0.3) is 0 Å². The molecule has 0 N–H and O–H groups in total. The van der Waals surface area contributed by atoms with Crippen LogP contribution in [0.25, 0.3) is 0 Å². The van der Waals surface area contributed by atoms with Crippen molar-refractivity contribution in [1.82, 2.24) is 0 Å². The Labute approximate surface area is 113 Å². The highest BCUT2D eigenvalue weighted by atomic mass is 16.5. The monoisotopic (exact) mass is 264 g/mol. The molecule has 0 spiro atoms. The van der Waals surface area contributed by atoms with Crippen LogP contribution >= 0.6 is 0 Å². The van der Waals surface area contributed by atoms with Crippen molar-refractivity contribution in [2.45, 2.75) is 38.2 Å². The van der Waals surface area contributed by atoms with Gasteiger partial charge in [-0.3, -0.25) is 0 Å². The van der Waals surface area contributed by atoms with Gasteiger partial charge in [0.15, 0.2) is 11.5 Å². The lowest BCUT2D eigenvalue weighted by atomic mass is 9.98. The fourth-order valence-corrected chi connectivity index (χ4v) is 2.37. The number of methoxy groups -OCH3 is 2. The Hall–Kier alpha value is -1.71. The fraction of sp³-hybridized carbons (Fsp3) is 0.533. The first-order valence-electron chi connectivity index (χ1n) is 6.67. The van der Waals surface area contributed by atoms with Crippen LogP contribution in [0.15, 0.2) is 18.2 Å². The SMILES string of the molecule is COC(=O)c1ccc(OC2CCCCC2)c(OC)c1. The minimum absolute atomic E-state index is 0.256. The molecule has 19 heavy (non-hydrogen) atoms. The number of carbonyl (C=O) groups excluding carboxylic acids is 1. The summed E-state index contributed by atoms with van der Waals surface area (Å²) in [5.74, 6) is 0.901. The molecule has 1 aromatic carbocycles. The van der Waals surface area contributed by atoms with Crippen LogP contribution in [-0.4, -0.2) is 26.3 Å². The van der Waals surface area contributed by atoms with Crippen LogP contribution in [0, 0.1) is 0 Å². The van der Waals surface area contributed by atoms with Gasteiger partial charge in [0.05, 0.1) is 25.9 Å². The molecule has 2 rings (SSSR count). The maximum absolute atomic E-state index is 11.5. The van der Waals surface area contributed by atoms with E-state index in [0.29, 0.717) is 17.1 Å². The molecule has 0 unspecified atom stereocenters. The van der Waals surface area contributed by atoms with E-state index < -0.39 is 0 Å². The van der Waals surface area contributed by atoms with E-state index in [1.807, 2.05) is 0 Å². The van der Waals surface area contributed by atoms with E-state index >= 15 is 0 Å². The van der Waals surface area contributed by atoms with E-state index in [-0.39, 0.29) is 12.1 Å². The lowest BCUT2D eigenvalue weighted by Gasteiger charge is -2.24. The lowest BCUT2D eigenvalue weighted by Crippen LogP contribution is -2.20. The van der Waals surface area contributed by atoms with E-state index in [1.165, 1.54) is 26.4 Å². The maximum atomic E-state index is 11.5. The molecule has 104 valence electrons. The first-order chi connectivity index (χ1) is 9.24. The van der Waals surface area contributed by atoms with Crippen molar-refractivity contribution < 1.29 is 19.0 Å². The largest absolute Gasteiger partial charge is 0.493 e. The summed E-state index contributed by atoms with van der Waals surface area (Å²) in [4.78, 5) is 11.5. The number of hydrogen-bond donors (Lipinski definition) is 0. The van der Waals surface area contributed by atoms with Crippen LogP contribution in [0.3, 0.4) is 0 Å². The minimum Gasteiger partial charge on any atom is -0.493 e. The quantitative estimate of drug-likeness (QED) is 0.783.